The van der Waals surface area contributed by atoms with E-state index in [9.17, 15) is 19.5 Å². The number of fused-ring (bicyclic) bond motifs is 7. The second-order valence-corrected chi connectivity index (χ2v) is 20.2. The van der Waals surface area contributed by atoms with E-state index < -0.39 is 11.4 Å². The van der Waals surface area contributed by atoms with Crippen LogP contribution in [0.2, 0.25) is 0 Å². The van der Waals surface area contributed by atoms with E-state index in [0.717, 1.165) is 123 Å². The first-order valence-corrected chi connectivity index (χ1v) is 21.6. The maximum absolute atomic E-state index is 13.3. The Morgan fingerprint density at radius 2 is 1.58 bits per heavy atom. The lowest BCUT2D eigenvalue weighted by atomic mass is 9.32. The average molecular weight is 742 g/mol. The number of carboxylic acids is 1. The van der Waals surface area contributed by atoms with E-state index in [0.29, 0.717) is 36.9 Å². The number of hydrogen-bond acceptors (Lipinski definition) is 7. The van der Waals surface area contributed by atoms with Crippen molar-refractivity contribution < 1.29 is 33.7 Å². The molecule has 7 fully saturated rings. The second-order valence-electron chi connectivity index (χ2n) is 20.2. The van der Waals surface area contributed by atoms with Gasteiger partial charge in [-0.25, -0.2) is 9.59 Å². The summed E-state index contributed by atoms with van der Waals surface area (Å²) in [7, 11) is 0. The van der Waals surface area contributed by atoms with Gasteiger partial charge in [0.2, 0.25) is 0 Å². The Hall–Kier alpha value is -2.07. The summed E-state index contributed by atoms with van der Waals surface area (Å²) in [6.07, 6.45) is 13.1. The summed E-state index contributed by atoms with van der Waals surface area (Å²) in [6, 6.07) is 0.293. The molecule has 300 valence electrons. The van der Waals surface area contributed by atoms with Crippen molar-refractivity contribution in [1.29, 1.82) is 0 Å². The van der Waals surface area contributed by atoms with Crippen molar-refractivity contribution in [2.45, 2.75) is 144 Å². The van der Waals surface area contributed by atoms with Gasteiger partial charge in [0.15, 0.2) is 0 Å². The quantitative estimate of drug-likeness (QED) is 0.183. The number of ether oxygens (including phenoxy) is 3. The number of amides is 2. The smallest absolute Gasteiger partial charge is 0.407 e. The van der Waals surface area contributed by atoms with Crippen LogP contribution in [0, 0.1) is 62.6 Å². The van der Waals surface area contributed by atoms with Gasteiger partial charge in [-0.3, -0.25) is 9.69 Å². The van der Waals surface area contributed by atoms with Crippen molar-refractivity contribution >= 4 is 18.2 Å². The molecule has 10 nitrogen and oxygen atoms in total. The first kappa shape index (κ1) is 39.2. The highest BCUT2D eigenvalue weighted by atomic mass is 16.6. The van der Waals surface area contributed by atoms with Crippen molar-refractivity contribution in [2.24, 2.45) is 62.6 Å². The lowest BCUT2D eigenvalue weighted by Crippen LogP contribution is -2.67. The topological polar surface area (TPSA) is 126 Å². The fourth-order valence-corrected chi connectivity index (χ4v) is 14.3. The summed E-state index contributed by atoms with van der Waals surface area (Å²) in [6.45, 7) is 20.1. The Labute approximate surface area is 319 Å². The van der Waals surface area contributed by atoms with E-state index in [1.165, 1.54) is 0 Å². The highest BCUT2D eigenvalue weighted by Crippen LogP contribution is 2.77. The molecule has 7 rings (SSSR count). The van der Waals surface area contributed by atoms with E-state index in [1.807, 2.05) is 0 Å². The maximum atomic E-state index is 13.3. The number of morpholine rings is 1. The molecule has 0 aromatic heterocycles. The van der Waals surface area contributed by atoms with Gasteiger partial charge in [0.05, 0.1) is 25.2 Å². The first-order valence-electron chi connectivity index (χ1n) is 21.6. The number of carbonyl (C=O) groups is 3. The molecule has 3 N–H and O–H groups in total. The number of carbonyl (C=O) groups excluding carboxylic acids is 2. The zero-order valence-corrected chi connectivity index (χ0v) is 33.8. The Balaban J connectivity index is 1.01. The molecule has 6 aliphatic carbocycles. The normalized spacial score (nSPS) is 42.5. The third-order valence-electron chi connectivity index (χ3n) is 17.5. The lowest BCUT2D eigenvalue weighted by molar-refractivity contribution is -0.249. The summed E-state index contributed by atoms with van der Waals surface area (Å²) in [5.41, 5.74) is -0.511. The molecular formula is C43H71N3O7. The van der Waals surface area contributed by atoms with Gasteiger partial charge in [0.1, 0.15) is 6.10 Å². The summed E-state index contributed by atoms with van der Waals surface area (Å²) in [5, 5.41) is 17.0. The Kier molecular flexibility index (Phi) is 10.9. The number of nitrogens with zero attached hydrogens (tertiary/aromatic N) is 1. The van der Waals surface area contributed by atoms with E-state index in [1.54, 1.807) is 0 Å². The number of nitrogens with one attached hydrogen (secondary N) is 2. The predicted octanol–water partition coefficient (Wildman–Crippen LogP) is 7.88. The van der Waals surface area contributed by atoms with Gasteiger partial charge in [-0.15, -0.1) is 0 Å². The molecule has 0 bridgehead atoms. The van der Waals surface area contributed by atoms with Gasteiger partial charge < -0.3 is 30.0 Å². The van der Waals surface area contributed by atoms with Gasteiger partial charge >= 0.3 is 18.2 Å². The molecule has 0 radical (unpaired) electrons. The van der Waals surface area contributed by atoms with Crippen LogP contribution in [0.5, 0.6) is 0 Å². The summed E-state index contributed by atoms with van der Waals surface area (Å²) in [4.78, 5) is 41.3. The average Bonchev–Trinajstić information content (AvgIpc) is 3.84. The van der Waals surface area contributed by atoms with Gasteiger partial charge in [-0.1, -0.05) is 41.5 Å². The van der Waals surface area contributed by atoms with E-state index in [2.05, 4.69) is 57.1 Å². The number of aliphatic carboxylic acids is 1. The van der Waals surface area contributed by atoms with Gasteiger partial charge in [-0.05, 0) is 148 Å². The van der Waals surface area contributed by atoms with Crippen LogP contribution in [-0.4, -0.2) is 86.3 Å². The van der Waals surface area contributed by atoms with E-state index in [-0.39, 0.29) is 57.7 Å². The number of rotatable bonds is 11. The van der Waals surface area contributed by atoms with E-state index in [4.69, 9.17) is 14.2 Å². The van der Waals surface area contributed by atoms with Crippen molar-refractivity contribution in [3.05, 3.63) is 0 Å². The van der Waals surface area contributed by atoms with E-state index >= 15 is 0 Å². The lowest BCUT2D eigenvalue weighted by Gasteiger charge is -2.72. The molecular weight excluding hydrogens is 670 g/mol. The minimum Gasteiger partial charge on any atom is -0.481 e. The molecule has 53 heavy (non-hydrogen) atoms. The van der Waals surface area contributed by atoms with Crippen LogP contribution in [0.15, 0.2) is 0 Å². The molecule has 1 heterocycles. The second kappa shape index (κ2) is 14.8. The third kappa shape index (κ3) is 6.90. The number of hydrogen-bond donors (Lipinski definition) is 3. The molecule has 5 unspecified atom stereocenters. The predicted molar refractivity (Wildman–Crippen MR) is 203 cm³/mol. The van der Waals surface area contributed by atoms with Gasteiger partial charge in [0.25, 0.3) is 0 Å². The minimum absolute atomic E-state index is 0.0386. The van der Waals surface area contributed by atoms with Crippen molar-refractivity contribution in [1.82, 2.24) is 15.5 Å². The highest BCUT2D eigenvalue weighted by molar-refractivity contribution is 5.76. The van der Waals surface area contributed by atoms with Crippen molar-refractivity contribution in [2.75, 3.05) is 46.0 Å². The molecule has 1 aliphatic heterocycles. The molecule has 7 aliphatic rings. The van der Waals surface area contributed by atoms with Gasteiger partial charge in [0, 0.05) is 31.1 Å². The molecule has 11 atom stereocenters. The van der Waals surface area contributed by atoms with Crippen LogP contribution in [0.25, 0.3) is 0 Å². The highest BCUT2D eigenvalue weighted by Gasteiger charge is 2.72. The minimum atomic E-state index is -0.686. The standard InChI is InChI=1S/C43H71N3O7/c1-28(27-52-37(49)44-21-7-8-22-46-23-25-51-26-24-46)30-13-18-43(36(47)48)20-19-41(5)31(35(30)43)11-12-33-40(4)16-15-34(53-38(50)45-29-9-10-29)39(2,3)32(40)14-17-42(33,41)6/h28-35H,7-27H2,1-6H3,(H,44,49)(H,45,50)(H,47,48)/t28?,30-,31?,32?,33?,34+,35?,40-,41+,42+,43-/m0/s1. The number of unbranched alkanes of at least 4 members (excludes halogenated alkanes) is 1. The zero-order valence-electron chi connectivity index (χ0n) is 33.8. The molecule has 2 amide bonds. The number of alkyl carbamates (subject to hydrolysis) is 2. The zero-order chi connectivity index (χ0) is 37.8. The molecule has 6 saturated carbocycles. The van der Waals surface area contributed by atoms with Crippen LogP contribution in [-0.2, 0) is 19.0 Å². The molecule has 0 spiro atoms. The summed E-state index contributed by atoms with van der Waals surface area (Å²) < 4.78 is 17.4. The fourth-order valence-electron chi connectivity index (χ4n) is 14.3. The van der Waals surface area contributed by atoms with Crippen molar-refractivity contribution in [3.63, 3.8) is 0 Å². The van der Waals surface area contributed by atoms with Crippen LogP contribution in [0.3, 0.4) is 0 Å². The maximum Gasteiger partial charge on any atom is 0.407 e. The van der Waals surface area contributed by atoms with Crippen LogP contribution in [0.1, 0.15) is 131 Å². The largest absolute Gasteiger partial charge is 0.481 e. The molecule has 0 aromatic carbocycles. The van der Waals surface area contributed by atoms with Crippen molar-refractivity contribution in [3.8, 4) is 0 Å². The fraction of sp³-hybridized carbons (Fsp3) is 0.930. The summed E-state index contributed by atoms with van der Waals surface area (Å²) >= 11 is 0. The number of carboxylic acid groups (broad SMARTS) is 1. The van der Waals surface area contributed by atoms with Gasteiger partial charge in [-0.2, -0.15) is 0 Å². The monoisotopic (exact) mass is 742 g/mol. The third-order valence-corrected chi connectivity index (χ3v) is 17.5. The first-order chi connectivity index (χ1) is 25.2. The SMILES string of the molecule is CC(COC(=O)NCCCCN1CCOCC1)[C@@H]1CC[C@]2(C(=O)O)CC[C@]3(C)C(CCC4[C@@]5(C)CC[C@@H](OC(=O)NC6CC6)C(C)(C)C5CC[C@]43C)C12. The molecule has 10 heteroatoms. The van der Waals surface area contributed by atoms with Crippen LogP contribution in [0.4, 0.5) is 9.59 Å². The molecule has 1 saturated heterocycles. The van der Waals surface area contributed by atoms with Crippen LogP contribution < -0.4 is 10.6 Å². The Morgan fingerprint density at radius 1 is 0.830 bits per heavy atom. The molecule has 0 aromatic rings. The van der Waals surface area contributed by atoms with Crippen LogP contribution >= 0.6 is 0 Å². The summed E-state index contributed by atoms with van der Waals surface area (Å²) in [5.74, 6) is 1.15. The Bertz CT molecular complexity index is 1360. The Morgan fingerprint density at radius 3 is 2.30 bits per heavy atom.